The van der Waals surface area contributed by atoms with Crippen molar-refractivity contribution in [2.45, 2.75) is 31.8 Å². The van der Waals surface area contributed by atoms with Crippen LogP contribution in [-0.2, 0) is 9.53 Å². The van der Waals surface area contributed by atoms with Crippen LogP contribution < -0.4 is 5.56 Å². The highest BCUT2D eigenvalue weighted by atomic mass is 32.2. The van der Waals surface area contributed by atoms with Gasteiger partial charge in [-0.05, 0) is 37.1 Å². The summed E-state index contributed by atoms with van der Waals surface area (Å²) < 4.78 is 35.2. The van der Waals surface area contributed by atoms with Gasteiger partial charge in [-0.3, -0.25) is 14.2 Å². The number of ether oxygens (including phenoxy) is 1. The highest BCUT2D eigenvalue weighted by Crippen LogP contribution is 2.42. The molecule has 0 N–H and O–H groups in total. The van der Waals surface area contributed by atoms with Gasteiger partial charge in [-0.15, -0.1) is 11.3 Å². The Morgan fingerprint density at radius 2 is 1.94 bits per heavy atom. The molecule has 0 amide bonds. The van der Waals surface area contributed by atoms with Gasteiger partial charge in [0, 0.05) is 16.0 Å². The number of hydrogen-bond acceptors (Lipinski definition) is 6. The number of thioether (sulfide) groups is 1. The minimum atomic E-state index is -0.520. The summed E-state index contributed by atoms with van der Waals surface area (Å²) in [5.41, 5.74) is 0.623. The van der Waals surface area contributed by atoms with E-state index in [4.69, 9.17) is 4.74 Å². The van der Waals surface area contributed by atoms with Crippen molar-refractivity contribution in [3.05, 3.63) is 75.4 Å². The summed E-state index contributed by atoms with van der Waals surface area (Å²) in [6, 6.07) is 11.9. The van der Waals surface area contributed by atoms with Crippen LogP contribution >= 0.6 is 23.1 Å². The van der Waals surface area contributed by atoms with Crippen LogP contribution in [0.2, 0.25) is 0 Å². The maximum absolute atomic E-state index is 14.9. The van der Waals surface area contributed by atoms with E-state index < -0.39 is 23.2 Å². The number of benzene rings is 2. The van der Waals surface area contributed by atoms with Gasteiger partial charge in [-0.1, -0.05) is 49.9 Å². The second-order valence-electron chi connectivity index (χ2n) is 7.76. The monoisotopic (exact) mass is 500 g/mol. The van der Waals surface area contributed by atoms with Crippen molar-refractivity contribution in [3.63, 3.8) is 0 Å². The molecule has 2 aromatic carbocycles. The number of carbonyl (C=O) groups excluding carboxylic acids is 1. The largest absolute Gasteiger partial charge is 0.465 e. The van der Waals surface area contributed by atoms with Gasteiger partial charge < -0.3 is 4.74 Å². The average Bonchev–Trinajstić information content (AvgIpc) is 3.18. The molecule has 0 spiro atoms. The molecule has 5 nitrogen and oxygen atoms in total. The van der Waals surface area contributed by atoms with E-state index in [2.05, 4.69) is 4.98 Å². The van der Waals surface area contributed by atoms with Crippen LogP contribution in [0.15, 0.2) is 58.5 Å². The van der Waals surface area contributed by atoms with Gasteiger partial charge in [0.1, 0.15) is 16.5 Å². The van der Waals surface area contributed by atoms with Gasteiger partial charge in [0.25, 0.3) is 5.56 Å². The zero-order valence-corrected chi connectivity index (χ0v) is 20.4. The van der Waals surface area contributed by atoms with Crippen molar-refractivity contribution in [2.75, 3.05) is 12.4 Å². The smallest absolute Gasteiger partial charge is 0.316 e. The molecule has 0 atom stereocenters. The summed E-state index contributed by atoms with van der Waals surface area (Å²) in [6.45, 7) is 5.88. The normalized spacial score (nSPS) is 11.4. The fourth-order valence-corrected chi connectivity index (χ4v) is 5.70. The number of thiophene rings is 1. The van der Waals surface area contributed by atoms with Gasteiger partial charge in [-0.25, -0.2) is 13.8 Å². The number of hydrogen-bond donors (Lipinski definition) is 0. The molecule has 0 bridgehead atoms. The fourth-order valence-electron chi connectivity index (χ4n) is 3.65. The minimum Gasteiger partial charge on any atom is -0.465 e. The van der Waals surface area contributed by atoms with Gasteiger partial charge in [0.15, 0.2) is 5.16 Å². The van der Waals surface area contributed by atoms with Crippen molar-refractivity contribution in [3.8, 4) is 16.8 Å². The molecule has 0 radical (unpaired) electrons. The van der Waals surface area contributed by atoms with Crippen molar-refractivity contribution in [1.29, 1.82) is 0 Å². The maximum atomic E-state index is 14.9. The first-order valence-electron chi connectivity index (χ1n) is 10.7. The summed E-state index contributed by atoms with van der Waals surface area (Å²) in [4.78, 5) is 31.9. The number of halogens is 2. The van der Waals surface area contributed by atoms with Gasteiger partial charge in [0.05, 0.1) is 23.4 Å². The van der Waals surface area contributed by atoms with E-state index in [0.29, 0.717) is 16.0 Å². The summed E-state index contributed by atoms with van der Waals surface area (Å²) in [5.74, 6) is -1.47. The molecular formula is C25H22F2N2O3S2. The Balaban J connectivity index is 2.03. The lowest BCUT2D eigenvalue weighted by Gasteiger charge is -2.13. The molecule has 0 aliphatic rings. The zero-order valence-electron chi connectivity index (χ0n) is 18.8. The molecule has 4 aromatic rings. The Morgan fingerprint density at radius 3 is 2.62 bits per heavy atom. The number of fused-ring (bicyclic) bond motifs is 1. The molecule has 0 aliphatic carbocycles. The Hall–Kier alpha value is -3.04. The quantitative estimate of drug-likeness (QED) is 0.173. The molecule has 34 heavy (non-hydrogen) atoms. The summed E-state index contributed by atoms with van der Waals surface area (Å²) in [7, 11) is 0. The molecular weight excluding hydrogens is 478 g/mol. The molecule has 0 unspecified atom stereocenters. The van der Waals surface area contributed by atoms with Crippen LogP contribution in [0.3, 0.4) is 0 Å². The molecule has 0 saturated heterocycles. The van der Waals surface area contributed by atoms with E-state index in [9.17, 15) is 18.4 Å². The Bertz CT molecular complexity index is 1430. The molecule has 2 heterocycles. The number of rotatable bonds is 7. The van der Waals surface area contributed by atoms with Crippen molar-refractivity contribution in [2.24, 2.45) is 0 Å². The lowest BCUT2D eigenvalue weighted by atomic mass is 9.98. The first-order valence-corrected chi connectivity index (χ1v) is 12.5. The third kappa shape index (κ3) is 4.63. The van der Waals surface area contributed by atoms with E-state index in [1.807, 2.05) is 13.8 Å². The van der Waals surface area contributed by atoms with E-state index in [1.165, 1.54) is 40.2 Å². The van der Waals surface area contributed by atoms with E-state index >= 15 is 0 Å². The van der Waals surface area contributed by atoms with Gasteiger partial charge >= 0.3 is 5.97 Å². The standard InChI is InChI=1S/C25H22F2N2O3S2/c1-4-32-19(30)13-33-25-28-23-21(24(31)29(25)16-9-7-8-15(26)12-16)20(22(34-23)14(2)3)17-10-5-6-11-18(17)27/h5-12,14H,4,13H2,1-3H3. The van der Waals surface area contributed by atoms with Crippen LogP contribution in [0.25, 0.3) is 27.0 Å². The highest BCUT2D eigenvalue weighted by molar-refractivity contribution is 7.99. The van der Waals surface area contributed by atoms with Crippen LogP contribution in [0.4, 0.5) is 8.78 Å². The summed E-state index contributed by atoms with van der Waals surface area (Å²) in [5, 5.41) is 0.497. The van der Waals surface area contributed by atoms with Crippen molar-refractivity contribution >= 4 is 39.3 Å². The molecule has 0 saturated carbocycles. The topological polar surface area (TPSA) is 61.2 Å². The van der Waals surface area contributed by atoms with Crippen LogP contribution in [0, 0.1) is 11.6 Å². The van der Waals surface area contributed by atoms with Crippen molar-refractivity contribution in [1.82, 2.24) is 9.55 Å². The van der Waals surface area contributed by atoms with Crippen LogP contribution in [0.5, 0.6) is 0 Å². The van der Waals surface area contributed by atoms with Crippen LogP contribution in [-0.4, -0.2) is 27.9 Å². The predicted molar refractivity (Wildman–Crippen MR) is 132 cm³/mol. The average molecular weight is 501 g/mol. The summed E-state index contributed by atoms with van der Waals surface area (Å²) >= 11 is 2.36. The number of aromatic nitrogens is 2. The van der Waals surface area contributed by atoms with E-state index in [0.717, 1.165) is 16.6 Å². The number of carbonyl (C=O) groups is 1. The molecule has 2 aromatic heterocycles. The van der Waals surface area contributed by atoms with Crippen molar-refractivity contribution < 1.29 is 18.3 Å². The molecule has 9 heteroatoms. The first-order chi connectivity index (χ1) is 16.3. The van der Waals surface area contributed by atoms with Gasteiger partial charge in [0.2, 0.25) is 0 Å². The van der Waals surface area contributed by atoms with E-state index in [1.54, 1.807) is 31.2 Å². The Morgan fingerprint density at radius 1 is 1.18 bits per heavy atom. The summed E-state index contributed by atoms with van der Waals surface area (Å²) in [6.07, 6.45) is 0. The minimum absolute atomic E-state index is 0.00598. The Kier molecular flexibility index (Phi) is 7.13. The second-order valence-corrected chi connectivity index (χ2v) is 9.74. The highest BCUT2D eigenvalue weighted by Gasteiger charge is 2.25. The second kappa shape index (κ2) is 10.1. The fraction of sp³-hybridized carbons (Fsp3) is 0.240. The van der Waals surface area contributed by atoms with Crippen LogP contribution in [0.1, 0.15) is 31.6 Å². The zero-order chi connectivity index (χ0) is 24.4. The molecule has 0 aliphatic heterocycles. The molecule has 4 rings (SSSR count). The molecule has 0 fully saturated rings. The SMILES string of the molecule is CCOC(=O)CSc1nc2sc(C(C)C)c(-c3ccccc3F)c2c(=O)n1-c1cccc(F)c1. The molecule has 176 valence electrons. The van der Waals surface area contributed by atoms with E-state index in [-0.39, 0.29) is 34.5 Å². The lowest BCUT2D eigenvalue weighted by molar-refractivity contribution is -0.139. The maximum Gasteiger partial charge on any atom is 0.316 e. The Labute approximate surface area is 203 Å². The van der Waals surface area contributed by atoms with Gasteiger partial charge in [-0.2, -0.15) is 0 Å². The number of esters is 1. The predicted octanol–water partition coefficient (Wildman–Crippen LogP) is 6.17. The third-order valence-electron chi connectivity index (χ3n) is 5.08. The third-order valence-corrected chi connectivity index (χ3v) is 7.38. The first kappa shape index (κ1) is 24.1. The lowest BCUT2D eigenvalue weighted by Crippen LogP contribution is -2.22. The number of nitrogens with zero attached hydrogens (tertiary/aromatic N) is 2.